The highest BCUT2D eigenvalue weighted by atomic mass is 19.1. The molecule has 1 N–H and O–H groups in total. The fraction of sp³-hybridized carbons (Fsp3) is 0.231. The number of carbonyl (C=O) groups is 1. The topological polar surface area (TPSA) is 55.0 Å². The van der Waals surface area contributed by atoms with E-state index in [1.807, 2.05) is 0 Å². The maximum atomic E-state index is 13.6. The Kier molecular flexibility index (Phi) is 3.41. The first-order valence-electron chi connectivity index (χ1n) is 5.62. The van der Waals surface area contributed by atoms with Crippen LogP contribution in [0.4, 0.5) is 4.39 Å². The second kappa shape index (κ2) is 5.00. The third-order valence-electron chi connectivity index (χ3n) is 2.62. The molecule has 0 saturated carbocycles. The monoisotopic (exact) mass is 248 g/mol. The summed E-state index contributed by atoms with van der Waals surface area (Å²) < 4.78 is 18.5. The minimum Gasteiger partial charge on any atom is -0.461 e. The third-order valence-corrected chi connectivity index (χ3v) is 2.62. The summed E-state index contributed by atoms with van der Waals surface area (Å²) in [5.41, 5.74) is 1.63. The van der Waals surface area contributed by atoms with E-state index in [0.29, 0.717) is 16.8 Å². The molecule has 18 heavy (non-hydrogen) atoms. The Labute approximate surface area is 104 Å². The van der Waals surface area contributed by atoms with Gasteiger partial charge < -0.3 is 4.74 Å². The van der Waals surface area contributed by atoms with Crippen LogP contribution in [0, 0.1) is 12.7 Å². The fourth-order valence-corrected chi connectivity index (χ4v) is 1.72. The lowest BCUT2D eigenvalue weighted by Gasteiger charge is -2.01. The average molecular weight is 248 g/mol. The molecule has 0 bridgehead atoms. The molecule has 0 radical (unpaired) electrons. The lowest BCUT2D eigenvalue weighted by atomic mass is 10.1. The molecule has 4 nitrogen and oxygen atoms in total. The van der Waals surface area contributed by atoms with Crippen molar-refractivity contribution in [2.75, 3.05) is 6.61 Å². The van der Waals surface area contributed by atoms with Gasteiger partial charge in [0.1, 0.15) is 11.5 Å². The van der Waals surface area contributed by atoms with Crippen LogP contribution in [-0.2, 0) is 4.74 Å². The van der Waals surface area contributed by atoms with Gasteiger partial charge >= 0.3 is 5.97 Å². The standard InChI is InChI=1S/C13H13FN2O2/c1-3-18-13(17)12-8(2)11(15-16-12)9-6-4-5-7-10(9)14/h4-7H,3H2,1-2H3,(H,15,16). The predicted molar refractivity (Wildman–Crippen MR) is 64.7 cm³/mol. The zero-order valence-electron chi connectivity index (χ0n) is 10.2. The molecule has 0 aliphatic rings. The molecule has 2 rings (SSSR count). The molecule has 0 aliphatic heterocycles. The molecule has 5 heteroatoms. The number of aromatic nitrogens is 2. The van der Waals surface area contributed by atoms with Crippen molar-refractivity contribution < 1.29 is 13.9 Å². The summed E-state index contributed by atoms with van der Waals surface area (Å²) in [5, 5.41) is 6.58. The minimum atomic E-state index is -0.481. The number of nitrogens with one attached hydrogen (secondary N) is 1. The highest BCUT2D eigenvalue weighted by molar-refractivity contribution is 5.91. The molecule has 0 fully saturated rings. The number of hydrogen-bond acceptors (Lipinski definition) is 3. The van der Waals surface area contributed by atoms with Crippen LogP contribution in [0.5, 0.6) is 0 Å². The molecule has 0 amide bonds. The molecule has 0 atom stereocenters. The van der Waals surface area contributed by atoms with Gasteiger partial charge in [0.2, 0.25) is 0 Å². The van der Waals surface area contributed by atoms with E-state index < -0.39 is 5.97 Å². The van der Waals surface area contributed by atoms with Crippen LogP contribution in [0.3, 0.4) is 0 Å². The maximum absolute atomic E-state index is 13.6. The highest BCUT2D eigenvalue weighted by Crippen LogP contribution is 2.25. The van der Waals surface area contributed by atoms with Crippen LogP contribution >= 0.6 is 0 Å². The van der Waals surface area contributed by atoms with E-state index in [0.717, 1.165) is 0 Å². The van der Waals surface area contributed by atoms with Gasteiger partial charge in [0.05, 0.1) is 12.3 Å². The van der Waals surface area contributed by atoms with E-state index in [2.05, 4.69) is 10.2 Å². The minimum absolute atomic E-state index is 0.259. The van der Waals surface area contributed by atoms with Crippen molar-refractivity contribution in [1.29, 1.82) is 0 Å². The normalized spacial score (nSPS) is 10.4. The predicted octanol–water partition coefficient (Wildman–Crippen LogP) is 2.70. The fourth-order valence-electron chi connectivity index (χ4n) is 1.72. The van der Waals surface area contributed by atoms with Crippen molar-refractivity contribution >= 4 is 5.97 Å². The molecular formula is C13H13FN2O2. The van der Waals surface area contributed by atoms with Gasteiger partial charge in [0.25, 0.3) is 0 Å². The summed E-state index contributed by atoms with van der Waals surface area (Å²) in [6.07, 6.45) is 0. The first-order chi connectivity index (χ1) is 8.65. The molecule has 94 valence electrons. The Morgan fingerprint density at radius 1 is 1.44 bits per heavy atom. The van der Waals surface area contributed by atoms with E-state index in [9.17, 15) is 9.18 Å². The number of H-pyrrole nitrogens is 1. The molecule has 1 aromatic heterocycles. The molecule has 2 aromatic rings. The van der Waals surface area contributed by atoms with Crippen LogP contribution in [-0.4, -0.2) is 22.8 Å². The van der Waals surface area contributed by atoms with Gasteiger partial charge in [0.15, 0.2) is 0 Å². The number of esters is 1. The van der Waals surface area contributed by atoms with Crippen molar-refractivity contribution in [1.82, 2.24) is 10.2 Å². The van der Waals surface area contributed by atoms with Gasteiger partial charge in [-0.25, -0.2) is 9.18 Å². The first kappa shape index (κ1) is 12.3. The van der Waals surface area contributed by atoms with Crippen molar-refractivity contribution in [3.05, 3.63) is 41.3 Å². The number of halogens is 1. The number of hydrogen-bond donors (Lipinski definition) is 1. The largest absolute Gasteiger partial charge is 0.461 e. The molecule has 0 unspecified atom stereocenters. The van der Waals surface area contributed by atoms with E-state index in [1.165, 1.54) is 6.07 Å². The van der Waals surface area contributed by atoms with Gasteiger partial charge in [-0.05, 0) is 26.0 Å². The van der Waals surface area contributed by atoms with Gasteiger partial charge in [-0.1, -0.05) is 12.1 Å². The van der Waals surface area contributed by atoms with E-state index in [4.69, 9.17) is 4.74 Å². The number of rotatable bonds is 3. The van der Waals surface area contributed by atoms with Gasteiger partial charge in [-0.15, -0.1) is 0 Å². The van der Waals surface area contributed by atoms with Crippen molar-refractivity contribution in [3.8, 4) is 11.3 Å². The van der Waals surface area contributed by atoms with Gasteiger partial charge in [0, 0.05) is 11.1 Å². The SMILES string of the molecule is CCOC(=O)c1[nH]nc(-c2ccccc2F)c1C. The lowest BCUT2D eigenvalue weighted by Crippen LogP contribution is -2.06. The van der Waals surface area contributed by atoms with Crippen molar-refractivity contribution in [3.63, 3.8) is 0 Å². The summed E-state index contributed by atoms with van der Waals surface area (Å²) in [5.74, 6) is -0.854. The Bertz CT molecular complexity index is 578. The molecule has 0 spiro atoms. The number of carbonyl (C=O) groups excluding carboxylic acids is 1. The van der Waals surface area contributed by atoms with Crippen LogP contribution < -0.4 is 0 Å². The number of ether oxygens (including phenoxy) is 1. The first-order valence-corrected chi connectivity index (χ1v) is 5.62. The number of nitrogens with zero attached hydrogens (tertiary/aromatic N) is 1. The number of aromatic amines is 1. The van der Waals surface area contributed by atoms with Gasteiger partial charge in [-0.2, -0.15) is 5.10 Å². The summed E-state index contributed by atoms with van der Waals surface area (Å²) in [6, 6.07) is 6.30. The second-order valence-electron chi connectivity index (χ2n) is 3.77. The molecular weight excluding hydrogens is 235 g/mol. The number of benzene rings is 1. The average Bonchev–Trinajstić information content (AvgIpc) is 2.72. The lowest BCUT2D eigenvalue weighted by molar-refractivity contribution is 0.0518. The van der Waals surface area contributed by atoms with Crippen LogP contribution in [0.2, 0.25) is 0 Å². The molecule has 1 aromatic carbocycles. The smallest absolute Gasteiger partial charge is 0.356 e. The molecule has 1 heterocycles. The van der Waals surface area contributed by atoms with Crippen molar-refractivity contribution in [2.45, 2.75) is 13.8 Å². The Morgan fingerprint density at radius 3 is 2.83 bits per heavy atom. The molecule has 0 saturated heterocycles. The zero-order valence-corrected chi connectivity index (χ0v) is 10.2. The van der Waals surface area contributed by atoms with Gasteiger partial charge in [-0.3, -0.25) is 5.10 Å². The van der Waals surface area contributed by atoms with E-state index in [1.54, 1.807) is 32.0 Å². The Hall–Kier alpha value is -2.17. The quantitative estimate of drug-likeness (QED) is 0.850. The highest BCUT2D eigenvalue weighted by Gasteiger charge is 2.19. The van der Waals surface area contributed by atoms with Crippen LogP contribution in [0.1, 0.15) is 23.0 Å². The summed E-state index contributed by atoms with van der Waals surface area (Å²) >= 11 is 0. The van der Waals surface area contributed by atoms with E-state index in [-0.39, 0.29) is 18.1 Å². The van der Waals surface area contributed by atoms with Crippen LogP contribution in [0.15, 0.2) is 24.3 Å². The van der Waals surface area contributed by atoms with E-state index >= 15 is 0 Å². The maximum Gasteiger partial charge on any atom is 0.356 e. The Balaban J connectivity index is 2.43. The Morgan fingerprint density at radius 2 is 2.17 bits per heavy atom. The zero-order chi connectivity index (χ0) is 13.1. The third kappa shape index (κ3) is 2.11. The van der Waals surface area contributed by atoms with Crippen molar-refractivity contribution in [2.24, 2.45) is 0 Å². The summed E-state index contributed by atoms with van der Waals surface area (Å²) in [6.45, 7) is 3.71. The van der Waals surface area contributed by atoms with Crippen LogP contribution in [0.25, 0.3) is 11.3 Å². The summed E-state index contributed by atoms with van der Waals surface area (Å²) in [7, 11) is 0. The molecule has 0 aliphatic carbocycles. The second-order valence-corrected chi connectivity index (χ2v) is 3.77. The summed E-state index contributed by atoms with van der Waals surface area (Å²) in [4.78, 5) is 11.6.